The number of imidazole rings is 1. The molecule has 0 radical (unpaired) electrons. The summed E-state index contributed by atoms with van der Waals surface area (Å²) in [5.41, 5.74) is 6.58. The Labute approximate surface area is 119 Å². The maximum absolute atomic E-state index is 4.78. The first kappa shape index (κ1) is 12.9. The van der Waals surface area contributed by atoms with Crippen molar-refractivity contribution in [2.24, 2.45) is 0 Å². The van der Waals surface area contributed by atoms with Crippen LogP contribution in [-0.2, 0) is 6.42 Å². The molecule has 3 heteroatoms. The Balaban J connectivity index is 2.38. The SMILES string of the molecule is CCc1nc2c(C)cc(C)nc2n1-c1cccc(C)c1. The zero-order valence-electron chi connectivity index (χ0n) is 12.4. The number of hydrogen-bond donors (Lipinski definition) is 0. The van der Waals surface area contributed by atoms with E-state index in [1.165, 1.54) is 11.1 Å². The number of rotatable bonds is 2. The lowest BCUT2D eigenvalue weighted by molar-refractivity contribution is 0.899. The topological polar surface area (TPSA) is 30.7 Å². The van der Waals surface area contributed by atoms with Gasteiger partial charge in [0.1, 0.15) is 11.3 Å². The van der Waals surface area contributed by atoms with Crippen molar-refractivity contribution in [3.05, 3.63) is 53.0 Å². The highest BCUT2D eigenvalue weighted by molar-refractivity contribution is 5.78. The smallest absolute Gasteiger partial charge is 0.165 e. The van der Waals surface area contributed by atoms with Crippen molar-refractivity contribution >= 4 is 11.2 Å². The molecule has 20 heavy (non-hydrogen) atoms. The van der Waals surface area contributed by atoms with E-state index in [1.807, 2.05) is 6.92 Å². The Morgan fingerprint density at radius 1 is 1.05 bits per heavy atom. The Hall–Kier alpha value is -2.16. The fourth-order valence-electron chi connectivity index (χ4n) is 2.68. The average Bonchev–Trinajstić information content (AvgIpc) is 2.77. The zero-order valence-corrected chi connectivity index (χ0v) is 12.4. The van der Waals surface area contributed by atoms with Crippen molar-refractivity contribution in [2.45, 2.75) is 34.1 Å². The quantitative estimate of drug-likeness (QED) is 0.703. The molecule has 0 N–H and O–H groups in total. The summed E-state index contributed by atoms with van der Waals surface area (Å²) in [6, 6.07) is 10.6. The van der Waals surface area contributed by atoms with Gasteiger partial charge in [-0.15, -0.1) is 0 Å². The molecule has 0 spiro atoms. The van der Waals surface area contributed by atoms with Gasteiger partial charge in [0.2, 0.25) is 0 Å². The molecule has 3 nitrogen and oxygen atoms in total. The first-order chi connectivity index (χ1) is 9.60. The second-order valence-corrected chi connectivity index (χ2v) is 5.31. The van der Waals surface area contributed by atoms with Crippen molar-refractivity contribution in [1.29, 1.82) is 0 Å². The van der Waals surface area contributed by atoms with Crippen LogP contribution in [0.3, 0.4) is 0 Å². The first-order valence-electron chi connectivity index (χ1n) is 7.02. The van der Waals surface area contributed by atoms with E-state index in [9.17, 15) is 0 Å². The summed E-state index contributed by atoms with van der Waals surface area (Å²) in [7, 11) is 0. The molecule has 3 rings (SSSR count). The molecule has 2 heterocycles. The summed E-state index contributed by atoms with van der Waals surface area (Å²) < 4.78 is 2.18. The molecule has 0 saturated carbocycles. The number of fused-ring (bicyclic) bond motifs is 1. The monoisotopic (exact) mass is 265 g/mol. The van der Waals surface area contributed by atoms with Crippen molar-refractivity contribution < 1.29 is 0 Å². The van der Waals surface area contributed by atoms with Crippen molar-refractivity contribution in [3.63, 3.8) is 0 Å². The second kappa shape index (κ2) is 4.75. The van der Waals surface area contributed by atoms with E-state index in [1.54, 1.807) is 0 Å². The lowest BCUT2D eigenvalue weighted by Crippen LogP contribution is -2.01. The molecule has 0 unspecified atom stereocenters. The number of hydrogen-bond acceptors (Lipinski definition) is 2. The molecule has 0 aliphatic carbocycles. The molecule has 0 aliphatic heterocycles. The lowest BCUT2D eigenvalue weighted by Gasteiger charge is -2.09. The standard InChI is InChI=1S/C17H19N3/c1-5-15-19-16-12(3)10-13(4)18-17(16)20(15)14-8-6-7-11(2)9-14/h6-10H,5H2,1-4H3. The number of nitrogens with zero attached hydrogens (tertiary/aromatic N) is 3. The molecule has 102 valence electrons. The van der Waals surface area contributed by atoms with Gasteiger partial charge in [-0.25, -0.2) is 9.97 Å². The summed E-state index contributed by atoms with van der Waals surface area (Å²) in [6.45, 7) is 8.38. The van der Waals surface area contributed by atoms with Crippen LogP contribution in [0.15, 0.2) is 30.3 Å². The van der Waals surface area contributed by atoms with Crippen molar-refractivity contribution in [3.8, 4) is 5.69 Å². The van der Waals surface area contributed by atoms with Gasteiger partial charge in [0.25, 0.3) is 0 Å². The fourth-order valence-corrected chi connectivity index (χ4v) is 2.68. The van der Waals surface area contributed by atoms with Crippen LogP contribution >= 0.6 is 0 Å². The lowest BCUT2D eigenvalue weighted by atomic mass is 10.2. The van der Waals surface area contributed by atoms with Crippen LogP contribution in [0.5, 0.6) is 0 Å². The van der Waals surface area contributed by atoms with Gasteiger partial charge >= 0.3 is 0 Å². The molecular weight excluding hydrogens is 246 g/mol. The van der Waals surface area contributed by atoms with E-state index in [2.05, 4.69) is 55.7 Å². The maximum atomic E-state index is 4.78. The molecule has 2 aromatic heterocycles. The van der Waals surface area contributed by atoms with Gasteiger partial charge in [-0.2, -0.15) is 0 Å². The van der Waals surface area contributed by atoms with Gasteiger partial charge in [-0.1, -0.05) is 19.1 Å². The summed E-state index contributed by atoms with van der Waals surface area (Å²) in [6.07, 6.45) is 0.892. The van der Waals surface area contributed by atoms with Crippen LogP contribution in [0.2, 0.25) is 0 Å². The summed E-state index contributed by atoms with van der Waals surface area (Å²) in [4.78, 5) is 9.49. The highest BCUT2D eigenvalue weighted by atomic mass is 15.1. The number of aromatic nitrogens is 3. The van der Waals surface area contributed by atoms with Crippen molar-refractivity contribution in [2.75, 3.05) is 0 Å². The highest BCUT2D eigenvalue weighted by Gasteiger charge is 2.14. The van der Waals surface area contributed by atoms with Gasteiger partial charge in [0.15, 0.2) is 5.65 Å². The third-order valence-electron chi connectivity index (χ3n) is 3.58. The maximum Gasteiger partial charge on any atom is 0.165 e. The Kier molecular flexibility index (Phi) is 3.05. The molecule has 0 bridgehead atoms. The Morgan fingerprint density at radius 2 is 1.85 bits per heavy atom. The summed E-state index contributed by atoms with van der Waals surface area (Å²) >= 11 is 0. The molecular formula is C17H19N3. The van der Waals surface area contributed by atoms with Crippen LogP contribution in [0.1, 0.15) is 29.6 Å². The minimum absolute atomic E-state index is 0.892. The largest absolute Gasteiger partial charge is 0.281 e. The van der Waals surface area contributed by atoms with Gasteiger partial charge < -0.3 is 0 Å². The van der Waals surface area contributed by atoms with Gasteiger partial charge in [-0.05, 0) is 50.1 Å². The summed E-state index contributed by atoms with van der Waals surface area (Å²) in [5, 5.41) is 0. The predicted molar refractivity (Wildman–Crippen MR) is 82.5 cm³/mol. The van der Waals surface area contributed by atoms with Crippen LogP contribution < -0.4 is 0 Å². The van der Waals surface area contributed by atoms with Gasteiger partial charge in [-0.3, -0.25) is 4.57 Å². The average molecular weight is 265 g/mol. The Morgan fingerprint density at radius 3 is 2.55 bits per heavy atom. The molecule has 1 aromatic carbocycles. The van der Waals surface area contributed by atoms with Crippen LogP contribution in [0.4, 0.5) is 0 Å². The Bertz CT molecular complexity index is 784. The first-order valence-corrected chi connectivity index (χ1v) is 7.02. The van der Waals surface area contributed by atoms with Gasteiger partial charge in [0, 0.05) is 17.8 Å². The number of pyridine rings is 1. The molecule has 0 aliphatic rings. The molecule has 0 amide bonds. The minimum atomic E-state index is 0.892. The second-order valence-electron chi connectivity index (χ2n) is 5.31. The van der Waals surface area contributed by atoms with Crippen LogP contribution in [0.25, 0.3) is 16.9 Å². The fraction of sp³-hybridized carbons (Fsp3) is 0.294. The van der Waals surface area contributed by atoms with E-state index < -0.39 is 0 Å². The highest BCUT2D eigenvalue weighted by Crippen LogP contribution is 2.24. The zero-order chi connectivity index (χ0) is 14.3. The van der Waals surface area contributed by atoms with E-state index in [0.29, 0.717) is 0 Å². The van der Waals surface area contributed by atoms with E-state index in [0.717, 1.165) is 34.8 Å². The van der Waals surface area contributed by atoms with Crippen LogP contribution in [-0.4, -0.2) is 14.5 Å². The number of aryl methyl sites for hydroxylation is 4. The third-order valence-corrected chi connectivity index (χ3v) is 3.58. The van der Waals surface area contributed by atoms with E-state index >= 15 is 0 Å². The molecule has 0 saturated heterocycles. The van der Waals surface area contributed by atoms with Gasteiger partial charge in [0.05, 0.1) is 0 Å². The number of benzene rings is 1. The minimum Gasteiger partial charge on any atom is -0.281 e. The molecule has 0 fully saturated rings. The van der Waals surface area contributed by atoms with Crippen molar-refractivity contribution in [1.82, 2.24) is 14.5 Å². The normalized spacial score (nSPS) is 11.2. The third kappa shape index (κ3) is 1.99. The predicted octanol–water partition coefficient (Wildman–Crippen LogP) is 3.91. The molecule has 0 atom stereocenters. The van der Waals surface area contributed by atoms with Crippen LogP contribution in [0, 0.1) is 20.8 Å². The summed E-state index contributed by atoms with van der Waals surface area (Å²) in [5.74, 6) is 1.06. The molecule has 3 aromatic rings. The van der Waals surface area contributed by atoms with E-state index in [4.69, 9.17) is 9.97 Å². The van der Waals surface area contributed by atoms with E-state index in [-0.39, 0.29) is 0 Å².